The first-order chi connectivity index (χ1) is 10.8. The SMILES string of the molecule is COc1ccc(CNC(C)c2ccc(S(C)(=O)=O)c(F)c2)cn1. The Hall–Kier alpha value is -1.99. The number of rotatable bonds is 6. The van der Waals surface area contributed by atoms with Gasteiger partial charge in [0.2, 0.25) is 5.88 Å². The van der Waals surface area contributed by atoms with Crippen molar-refractivity contribution in [2.45, 2.75) is 24.4 Å². The molecule has 124 valence electrons. The van der Waals surface area contributed by atoms with Gasteiger partial charge in [0.05, 0.1) is 7.11 Å². The summed E-state index contributed by atoms with van der Waals surface area (Å²) in [6.07, 6.45) is 2.69. The van der Waals surface area contributed by atoms with Gasteiger partial charge in [0.1, 0.15) is 10.7 Å². The van der Waals surface area contributed by atoms with Crippen LogP contribution in [0.25, 0.3) is 0 Å². The molecule has 0 aliphatic carbocycles. The number of pyridine rings is 1. The van der Waals surface area contributed by atoms with Gasteiger partial charge in [0.25, 0.3) is 0 Å². The molecule has 0 saturated heterocycles. The zero-order valence-electron chi connectivity index (χ0n) is 13.2. The van der Waals surface area contributed by atoms with E-state index < -0.39 is 15.7 Å². The van der Waals surface area contributed by atoms with Crippen LogP contribution in [0, 0.1) is 5.82 Å². The summed E-state index contributed by atoms with van der Waals surface area (Å²) in [5.74, 6) is -0.190. The number of halogens is 1. The number of methoxy groups -OCH3 is 1. The molecule has 1 heterocycles. The van der Waals surface area contributed by atoms with E-state index in [9.17, 15) is 12.8 Å². The predicted octanol–water partition coefficient (Wildman–Crippen LogP) is 2.48. The average molecular weight is 338 g/mol. The van der Waals surface area contributed by atoms with Crippen molar-refractivity contribution in [3.63, 3.8) is 0 Å². The third kappa shape index (κ3) is 4.49. The van der Waals surface area contributed by atoms with E-state index in [0.717, 1.165) is 11.8 Å². The van der Waals surface area contributed by atoms with Crippen LogP contribution in [-0.4, -0.2) is 26.8 Å². The molecule has 1 atom stereocenters. The lowest BCUT2D eigenvalue weighted by atomic mass is 10.1. The van der Waals surface area contributed by atoms with Gasteiger partial charge in [0, 0.05) is 31.1 Å². The van der Waals surface area contributed by atoms with Crippen molar-refractivity contribution in [3.8, 4) is 5.88 Å². The Morgan fingerprint density at radius 2 is 2.04 bits per heavy atom. The number of hydrogen-bond acceptors (Lipinski definition) is 5. The molecule has 2 rings (SSSR count). The highest BCUT2D eigenvalue weighted by Crippen LogP contribution is 2.20. The van der Waals surface area contributed by atoms with Gasteiger partial charge >= 0.3 is 0 Å². The van der Waals surface area contributed by atoms with Crippen LogP contribution in [0.3, 0.4) is 0 Å². The van der Waals surface area contributed by atoms with Gasteiger partial charge in [-0.2, -0.15) is 0 Å². The molecule has 0 aliphatic heterocycles. The quantitative estimate of drug-likeness (QED) is 0.876. The number of aromatic nitrogens is 1. The molecule has 0 amide bonds. The van der Waals surface area contributed by atoms with Crippen LogP contribution in [-0.2, 0) is 16.4 Å². The summed E-state index contributed by atoms with van der Waals surface area (Å²) < 4.78 is 41.8. The van der Waals surface area contributed by atoms with E-state index in [-0.39, 0.29) is 10.9 Å². The van der Waals surface area contributed by atoms with Crippen molar-refractivity contribution in [2.24, 2.45) is 0 Å². The lowest BCUT2D eigenvalue weighted by Crippen LogP contribution is -2.18. The Labute approximate surface area is 135 Å². The van der Waals surface area contributed by atoms with Crippen molar-refractivity contribution < 1.29 is 17.5 Å². The molecule has 0 spiro atoms. The zero-order chi connectivity index (χ0) is 17.0. The van der Waals surface area contributed by atoms with Crippen LogP contribution in [0.5, 0.6) is 5.88 Å². The maximum Gasteiger partial charge on any atom is 0.212 e. The first kappa shape index (κ1) is 17.4. The first-order valence-corrected chi connectivity index (χ1v) is 8.92. The second-order valence-electron chi connectivity index (χ2n) is 5.27. The van der Waals surface area contributed by atoms with Crippen molar-refractivity contribution in [2.75, 3.05) is 13.4 Å². The Kier molecular flexibility index (Phi) is 5.33. The molecule has 5 nitrogen and oxygen atoms in total. The van der Waals surface area contributed by atoms with Gasteiger partial charge in [-0.3, -0.25) is 0 Å². The van der Waals surface area contributed by atoms with Gasteiger partial charge in [-0.1, -0.05) is 12.1 Å². The van der Waals surface area contributed by atoms with Gasteiger partial charge in [-0.05, 0) is 30.2 Å². The van der Waals surface area contributed by atoms with E-state index in [1.54, 1.807) is 25.4 Å². The van der Waals surface area contributed by atoms with Crippen LogP contribution in [0.15, 0.2) is 41.4 Å². The van der Waals surface area contributed by atoms with Crippen molar-refractivity contribution >= 4 is 9.84 Å². The van der Waals surface area contributed by atoms with E-state index >= 15 is 0 Å². The summed E-state index contributed by atoms with van der Waals surface area (Å²) in [6, 6.07) is 7.68. The number of benzene rings is 1. The molecular weight excluding hydrogens is 319 g/mol. The standard InChI is InChI=1S/C16H19FN2O3S/c1-11(18-9-12-4-7-16(22-2)19-10-12)13-5-6-15(14(17)8-13)23(3,20)21/h4-8,10-11,18H,9H2,1-3H3. The second-order valence-corrected chi connectivity index (χ2v) is 7.26. The Bertz CT molecular complexity index is 776. The minimum Gasteiger partial charge on any atom is -0.481 e. The number of nitrogens with one attached hydrogen (secondary N) is 1. The smallest absolute Gasteiger partial charge is 0.212 e. The van der Waals surface area contributed by atoms with Gasteiger partial charge < -0.3 is 10.1 Å². The third-order valence-corrected chi connectivity index (χ3v) is 4.60. The molecule has 0 bridgehead atoms. The molecule has 1 aromatic heterocycles. The molecule has 0 saturated carbocycles. The maximum atomic E-state index is 13.9. The Balaban J connectivity index is 2.05. The maximum absolute atomic E-state index is 13.9. The second kappa shape index (κ2) is 7.06. The predicted molar refractivity (Wildman–Crippen MR) is 85.6 cm³/mol. The third-order valence-electron chi connectivity index (χ3n) is 3.47. The van der Waals surface area contributed by atoms with Crippen LogP contribution in [0.4, 0.5) is 4.39 Å². The van der Waals surface area contributed by atoms with Crippen molar-refractivity contribution in [3.05, 3.63) is 53.5 Å². The molecule has 1 N–H and O–H groups in total. The fourth-order valence-electron chi connectivity index (χ4n) is 2.11. The number of hydrogen-bond donors (Lipinski definition) is 1. The number of sulfone groups is 1. The molecule has 23 heavy (non-hydrogen) atoms. The van der Waals surface area contributed by atoms with E-state index in [4.69, 9.17) is 4.74 Å². The number of nitrogens with zero attached hydrogens (tertiary/aromatic N) is 1. The molecule has 1 unspecified atom stereocenters. The fourth-order valence-corrected chi connectivity index (χ4v) is 2.84. The highest BCUT2D eigenvalue weighted by Gasteiger charge is 2.15. The summed E-state index contributed by atoms with van der Waals surface area (Å²) in [6.45, 7) is 2.43. The molecule has 0 fully saturated rings. The van der Waals surface area contributed by atoms with Crippen LogP contribution in [0.1, 0.15) is 24.1 Å². The lowest BCUT2D eigenvalue weighted by molar-refractivity contribution is 0.397. The summed E-state index contributed by atoms with van der Waals surface area (Å²) in [5.41, 5.74) is 1.64. The summed E-state index contributed by atoms with van der Waals surface area (Å²) >= 11 is 0. The fraction of sp³-hybridized carbons (Fsp3) is 0.312. The van der Waals surface area contributed by atoms with E-state index in [1.807, 2.05) is 13.0 Å². The minimum absolute atomic E-state index is 0.139. The van der Waals surface area contributed by atoms with E-state index in [0.29, 0.717) is 18.0 Å². The van der Waals surface area contributed by atoms with Crippen molar-refractivity contribution in [1.82, 2.24) is 10.3 Å². The molecule has 7 heteroatoms. The molecular formula is C16H19FN2O3S. The normalized spacial score (nSPS) is 12.9. The summed E-state index contributed by atoms with van der Waals surface area (Å²) in [7, 11) is -2.00. The highest BCUT2D eigenvalue weighted by atomic mass is 32.2. The minimum atomic E-state index is -3.55. The van der Waals surface area contributed by atoms with Gasteiger partial charge in [-0.15, -0.1) is 0 Å². The zero-order valence-corrected chi connectivity index (χ0v) is 14.0. The van der Waals surface area contributed by atoms with Gasteiger partial charge in [-0.25, -0.2) is 17.8 Å². The monoisotopic (exact) mass is 338 g/mol. The van der Waals surface area contributed by atoms with Crippen molar-refractivity contribution in [1.29, 1.82) is 0 Å². The average Bonchev–Trinajstić information content (AvgIpc) is 2.51. The van der Waals surface area contributed by atoms with E-state index in [2.05, 4.69) is 10.3 Å². The molecule has 1 aromatic carbocycles. The Morgan fingerprint density at radius 3 is 2.57 bits per heavy atom. The summed E-state index contributed by atoms with van der Waals surface area (Å²) in [4.78, 5) is 3.83. The Morgan fingerprint density at radius 1 is 1.30 bits per heavy atom. The largest absolute Gasteiger partial charge is 0.481 e. The molecule has 2 aromatic rings. The summed E-state index contributed by atoms with van der Waals surface area (Å²) in [5, 5.41) is 3.24. The van der Waals surface area contributed by atoms with E-state index in [1.165, 1.54) is 12.1 Å². The van der Waals surface area contributed by atoms with Crippen LogP contribution < -0.4 is 10.1 Å². The van der Waals surface area contributed by atoms with Crippen LogP contribution >= 0.6 is 0 Å². The first-order valence-electron chi connectivity index (χ1n) is 7.03. The molecule has 0 radical (unpaired) electrons. The highest BCUT2D eigenvalue weighted by molar-refractivity contribution is 7.90. The molecule has 0 aliphatic rings. The lowest BCUT2D eigenvalue weighted by Gasteiger charge is -2.15. The van der Waals surface area contributed by atoms with Gasteiger partial charge in [0.15, 0.2) is 9.84 Å². The van der Waals surface area contributed by atoms with Crippen LogP contribution in [0.2, 0.25) is 0 Å². The topological polar surface area (TPSA) is 68.3 Å². The number of ether oxygens (including phenoxy) is 1.